The van der Waals surface area contributed by atoms with E-state index in [9.17, 15) is 14.7 Å². The van der Waals surface area contributed by atoms with Gasteiger partial charge in [-0.3, -0.25) is 4.68 Å². The first-order chi connectivity index (χ1) is 13.9. The van der Waals surface area contributed by atoms with E-state index in [1.54, 1.807) is 20.0 Å². The number of hydrogen-bond acceptors (Lipinski definition) is 7. The minimum absolute atomic E-state index is 0.0685. The maximum absolute atomic E-state index is 13.9. The van der Waals surface area contributed by atoms with Gasteiger partial charge in [-0.15, -0.1) is 0 Å². The molecule has 4 rings (SSSR count). The van der Waals surface area contributed by atoms with Crippen LogP contribution in [0.5, 0.6) is 5.88 Å². The van der Waals surface area contributed by atoms with Crippen LogP contribution in [-0.2, 0) is 13.5 Å². The van der Waals surface area contributed by atoms with Crippen molar-refractivity contribution in [1.82, 2.24) is 19.7 Å². The smallest absolute Gasteiger partial charge is 0.347 e. The fourth-order valence-electron chi connectivity index (χ4n) is 3.58. The summed E-state index contributed by atoms with van der Waals surface area (Å²) in [6.07, 6.45) is 1.67. The predicted octanol–water partition coefficient (Wildman–Crippen LogP) is 1.36. The Bertz CT molecular complexity index is 1140. The highest BCUT2D eigenvalue weighted by molar-refractivity contribution is 6.66. The first kappa shape index (κ1) is 18.9. The SMILES string of the molecule is CC1Oc2nc(cnc2N)-c2c(nn(C)c2C#N)B(O)CCc2ccc(F)cc21. The number of ether oxygens (including phenoxy) is 1. The summed E-state index contributed by atoms with van der Waals surface area (Å²) in [7, 11) is 1.62. The van der Waals surface area contributed by atoms with Crippen LogP contribution in [0.25, 0.3) is 11.3 Å². The van der Waals surface area contributed by atoms with Crippen molar-refractivity contribution in [3.05, 3.63) is 47.0 Å². The fourth-order valence-corrected chi connectivity index (χ4v) is 3.58. The van der Waals surface area contributed by atoms with Crippen molar-refractivity contribution >= 4 is 18.3 Å². The summed E-state index contributed by atoms with van der Waals surface area (Å²) in [4.78, 5) is 8.56. The molecule has 1 unspecified atom stereocenters. The molecule has 0 aliphatic carbocycles. The van der Waals surface area contributed by atoms with Crippen molar-refractivity contribution in [3.63, 3.8) is 0 Å². The van der Waals surface area contributed by atoms with Crippen molar-refractivity contribution in [1.29, 1.82) is 5.26 Å². The Hall–Kier alpha value is -3.45. The molecule has 0 spiro atoms. The van der Waals surface area contributed by atoms with Crippen LogP contribution in [0, 0.1) is 17.1 Å². The van der Waals surface area contributed by atoms with Crippen molar-refractivity contribution in [2.45, 2.75) is 25.8 Å². The number of aryl methyl sites for hydroxylation is 2. The van der Waals surface area contributed by atoms with E-state index in [2.05, 4.69) is 21.1 Å². The number of nitrogen functional groups attached to an aromatic ring is 1. The van der Waals surface area contributed by atoms with Gasteiger partial charge in [-0.1, -0.05) is 6.07 Å². The van der Waals surface area contributed by atoms with Gasteiger partial charge in [0, 0.05) is 7.05 Å². The Morgan fingerprint density at radius 1 is 1.45 bits per heavy atom. The van der Waals surface area contributed by atoms with Crippen LogP contribution in [0.2, 0.25) is 6.32 Å². The summed E-state index contributed by atoms with van der Waals surface area (Å²) in [5.41, 5.74) is 8.70. The number of nitrogens with two attached hydrogens (primary N) is 1. The highest BCUT2D eigenvalue weighted by Crippen LogP contribution is 2.31. The van der Waals surface area contributed by atoms with E-state index < -0.39 is 13.0 Å². The van der Waals surface area contributed by atoms with Crippen molar-refractivity contribution in [2.24, 2.45) is 7.05 Å². The topological polar surface area (TPSA) is 123 Å². The monoisotopic (exact) mass is 392 g/mol. The summed E-state index contributed by atoms with van der Waals surface area (Å²) < 4.78 is 21.2. The summed E-state index contributed by atoms with van der Waals surface area (Å²) in [6, 6.07) is 6.56. The summed E-state index contributed by atoms with van der Waals surface area (Å²) in [5.74, 6) is -0.246. The predicted molar refractivity (Wildman–Crippen MR) is 105 cm³/mol. The molecule has 2 aromatic heterocycles. The molecule has 3 aromatic rings. The molecule has 1 atom stereocenters. The van der Waals surface area contributed by atoms with Crippen LogP contribution in [0.15, 0.2) is 24.4 Å². The molecule has 0 radical (unpaired) electrons. The third-order valence-electron chi connectivity index (χ3n) is 5.04. The Morgan fingerprint density at radius 2 is 2.24 bits per heavy atom. The fraction of sp³-hybridized carbons (Fsp3) is 0.263. The molecule has 1 aromatic carbocycles. The van der Waals surface area contributed by atoms with E-state index in [0.717, 1.165) is 5.56 Å². The van der Waals surface area contributed by atoms with Gasteiger partial charge in [0.05, 0.1) is 23.0 Å². The number of nitriles is 1. The lowest BCUT2D eigenvalue weighted by atomic mass is 9.59. The molecule has 0 amide bonds. The average Bonchev–Trinajstić information content (AvgIpc) is 3.04. The quantitative estimate of drug-likeness (QED) is 0.554. The van der Waals surface area contributed by atoms with Crippen LogP contribution in [0.1, 0.15) is 29.8 Å². The minimum Gasteiger partial charge on any atom is -0.467 e. The number of halogens is 1. The highest BCUT2D eigenvalue weighted by Gasteiger charge is 2.29. The van der Waals surface area contributed by atoms with Crippen molar-refractivity contribution < 1.29 is 14.2 Å². The standard InChI is InChI=1S/C19H18BFN6O2/c1-10-13-7-12(21)4-3-11(13)5-6-20(28)17-16(15(8-22)27(2)26-17)14-9-24-18(23)19(25-14)29-10/h3-4,7,9-10,28H,5-6H2,1-2H3,(H2,23,24). The van der Waals surface area contributed by atoms with Gasteiger partial charge in [0.25, 0.3) is 5.88 Å². The maximum atomic E-state index is 13.9. The molecule has 1 aliphatic heterocycles. The molecule has 0 saturated heterocycles. The molecular formula is C19H18BFN6O2. The lowest BCUT2D eigenvalue weighted by Gasteiger charge is -2.20. The van der Waals surface area contributed by atoms with E-state index in [1.165, 1.54) is 23.0 Å². The van der Waals surface area contributed by atoms with Gasteiger partial charge in [0.2, 0.25) is 0 Å². The van der Waals surface area contributed by atoms with E-state index >= 15 is 0 Å². The number of benzene rings is 1. The maximum Gasteiger partial charge on any atom is 0.347 e. The normalized spacial score (nSPS) is 16.0. The van der Waals surface area contributed by atoms with Gasteiger partial charge >= 0.3 is 6.92 Å². The second-order valence-corrected chi connectivity index (χ2v) is 6.95. The van der Waals surface area contributed by atoms with Gasteiger partial charge in [0.15, 0.2) is 5.82 Å². The van der Waals surface area contributed by atoms with Crippen molar-refractivity contribution in [3.8, 4) is 23.2 Å². The lowest BCUT2D eigenvalue weighted by Crippen LogP contribution is -2.34. The second kappa shape index (κ2) is 7.18. The Morgan fingerprint density at radius 3 is 3.00 bits per heavy atom. The van der Waals surface area contributed by atoms with Crippen LogP contribution < -0.4 is 16.1 Å². The summed E-state index contributed by atoms with van der Waals surface area (Å²) >= 11 is 0. The molecule has 2 bridgehead atoms. The van der Waals surface area contributed by atoms with E-state index in [1.807, 2.05) is 0 Å². The van der Waals surface area contributed by atoms with Gasteiger partial charge in [0.1, 0.15) is 23.7 Å². The van der Waals surface area contributed by atoms with Crippen LogP contribution in [0.3, 0.4) is 0 Å². The lowest BCUT2D eigenvalue weighted by molar-refractivity contribution is 0.217. The van der Waals surface area contributed by atoms with Gasteiger partial charge < -0.3 is 15.5 Å². The van der Waals surface area contributed by atoms with Crippen LogP contribution in [-0.4, -0.2) is 31.7 Å². The minimum atomic E-state index is -0.949. The molecular weight excluding hydrogens is 374 g/mol. The molecule has 3 heterocycles. The molecule has 8 nitrogen and oxygen atoms in total. The van der Waals surface area contributed by atoms with Gasteiger partial charge in [-0.25, -0.2) is 14.4 Å². The number of hydrogen-bond donors (Lipinski definition) is 2. The molecule has 3 N–H and O–H groups in total. The summed E-state index contributed by atoms with van der Waals surface area (Å²) in [6.45, 7) is 0.819. The largest absolute Gasteiger partial charge is 0.467 e. The second-order valence-electron chi connectivity index (χ2n) is 6.95. The zero-order valence-electron chi connectivity index (χ0n) is 15.9. The van der Waals surface area contributed by atoms with Crippen molar-refractivity contribution in [2.75, 3.05) is 5.73 Å². The number of anilines is 1. The van der Waals surface area contributed by atoms with Gasteiger partial charge in [-0.05, 0) is 42.9 Å². The first-order valence-electron chi connectivity index (χ1n) is 9.12. The molecule has 0 fully saturated rings. The van der Waals surface area contributed by atoms with E-state index in [4.69, 9.17) is 10.5 Å². The molecule has 1 aliphatic rings. The number of rotatable bonds is 0. The third-order valence-corrected chi connectivity index (χ3v) is 5.04. The molecule has 146 valence electrons. The number of aromatic nitrogens is 4. The molecule has 29 heavy (non-hydrogen) atoms. The Kier molecular flexibility index (Phi) is 4.68. The highest BCUT2D eigenvalue weighted by atomic mass is 19.1. The number of fused-ring (bicyclic) bond motifs is 5. The molecule has 10 heteroatoms. The Balaban J connectivity index is 1.94. The zero-order valence-corrected chi connectivity index (χ0v) is 15.9. The summed E-state index contributed by atoms with van der Waals surface area (Å²) in [5, 5.41) is 24.8. The zero-order chi connectivity index (χ0) is 20.7. The first-order valence-corrected chi connectivity index (χ1v) is 9.12. The number of nitrogens with zero attached hydrogens (tertiary/aromatic N) is 5. The third kappa shape index (κ3) is 3.30. The van der Waals surface area contributed by atoms with Crippen LogP contribution in [0.4, 0.5) is 10.2 Å². The van der Waals surface area contributed by atoms with Crippen LogP contribution >= 0.6 is 0 Å². The molecule has 0 saturated carbocycles. The average molecular weight is 392 g/mol. The Labute approximate surface area is 166 Å². The van der Waals surface area contributed by atoms with E-state index in [0.29, 0.717) is 35.2 Å². The van der Waals surface area contributed by atoms with E-state index in [-0.39, 0.29) is 23.2 Å². The van der Waals surface area contributed by atoms with Gasteiger partial charge in [-0.2, -0.15) is 10.4 Å².